The van der Waals surface area contributed by atoms with E-state index in [0.29, 0.717) is 12.3 Å². The zero-order valence-electron chi connectivity index (χ0n) is 12.6. The first-order valence-electron chi connectivity index (χ1n) is 6.73. The number of carbonyl (C=O) groups is 1. The predicted octanol–water partition coefficient (Wildman–Crippen LogP) is 3.80. The van der Waals surface area contributed by atoms with Crippen LogP contribution in [0.25, 0.3) is 0 Å². The molecule has 1 aromatic heterocycles. The van der Waals surface area contributed by atoms with Crippen molar-refractivity contribution >= 4 is 23.2 Å². The number of aromatic nitrogens is 1. The molecule has 140 valence electrons. The second-order valence-corrected chi connectivity index (χ2v) is 4.94. The maximum atomic E-state index is 14.1. The Bertz CT molecular complexity index is 856. The van der Waals surface area contributed by atoms with Crippen LogP contribution in [-0.2, 0) is 12.7 Å². The Kier molecular flexibility index (Phi) is 5.14. The number of nitrogen functional groups attached to an aromatic ring is 1. The predicted molar refractivity (Wildman–Crippen MR) is 78.9 cm³/mol. The van der Waals surface area contributed by atoms with E-state index in [2.05, 4.69) is 10.3 Å². The van der Waals surface area contributed by atoms with Crippen molar-refractivity contribution in [1.29, 1.82) is 0 Å². The number of nitrogens with two attached hydrogens (primary N) is 1. The Balaban J connectivity index is 2.24. The summed E-state index contributed by atoms with van der Waals surface area (Å²) in [6.45, 7) is -0.578. The molecule has 0 bridgehead atoms. The molecule has 0 aliphatic heterocycles. The molecular formula is C14H10F6N4O2. The number of hydrogen-bond donors (Lipinski definition) is 4. The van der Waals surface area contributed by atoms with Gasteiger partial charge >= 0.3 is 12.3 Å². The molecule has 0 aliphatic rings. The second-order valence-electron chi connectivity index (χ2n) is 4.94. The number of carboxylic acid groups (broad SMARTS) is 1. The van der Waals surface area contributed by atoms with Crippen molar-refractivity contribution in [3.05, 3.63) is 47.0 Å². The van der Waals surface area contributed by atoms with Crippen LogP contribution in [0.5, 0.6) is 0 Å². The number of nitrogens with one attached hydrogen (secondary N) is 2. The standard InChI is InChI=1S/C14H10F6N4O2/c15-6-1-5(14(18,19)20)3-22-9(6)4-23-8-2-7(16)12(24-13(25)26)11(21)10(8)17/h1-3,23-24H,4,21H2,(H,25,26). The van der Waals surface area contributed by atoms with Crippen LogP contribution in [0, 0.1) is 17.5 Å². The van der Waals surface area contributed by atoms with Crippen LogP contribution < -0.4 is 16.4 Å². The van der Waals surface area contributed by atoms with E-state index < -0.39 is 64.6 Å². The van der Waals surface area contributed by atoms with Crippen LogP contribution in [0.3, 0.4) is 0 Å². The fourth-order valence-electron chi connectivity index (χ4n) is 1.94. The molecule has 2 aromatic rings. The van der Waals surface area contributed by atoms with Crippen LogP contribution in [0.1, 0.15) is 11.3 Å². The zero-order valence-corrected chi connectivity index (χ0v) is 12.6. The summed E-state index contributed by atoms with van der Waals surface area (Å²) in [7, 11) is 0. The van der Waals surface area contributed by atoms with Crippen molar-refractivity contribution in [2.75, 3.05) is 16.4 Å². The summed E-state index contributed by atoms with van der Waals surface area (Å²) in [6, 6.07) is 0.772. The Morgan fingerprint density at radius 3 is 2.38 bits per heavy atom. The highest BCUT2D eigenvalue weighted by molar-refractivity contribution is 5.89. The van der Waals surface area contributed by atoms with Gasteiger partial charge in [-0.1, -0.05) is 0 Å². The van der Waals surface area contributed by atoms with Crippen molar-refractivity contribution in [3.8, 4) is 0 Å². The van der Waals surface area contributed by atoms with Gasteiger partial charge in [-0.2, -0.15) is 13.2 Å². The Morgan fingerprint density at radius 2 is 1.85 bits per heavy atom. The van der Waals surface area contributed by atoms with Crippen LogP contribution in [0.4, 0.5) is 48.2 Å². The minimum atomic E-state index is -4.78. The highest BCUT2D eigenvalue weighted by Crippen LogP contribution is 2.32. The zero-order chi connectivity index (χ0) is 19.6. The van der Waals surface area contributed by atoms with Crippen LogP contribution in [0.15, 0.2) is 18.3 Å². The average Bonchev–Trinajstić information content (AvgIpc) is 2.53. The van der Waals surface area contributed by atoms with Crippen molar-refractivity contribution in [2.24, 2.45) is 0 Å². The Morgan fingerprint density at radius 1 is 1.19 bits per heavy atom. The van der Waals surface area contributed by atoms with E-state index in [0.717, 1.165) is 0 Å². The molecule has 12 heteroatoms. The van der Waals surface area contributed by atoms with Crippen molar-refractivity contribution in [2.45, 2.75) is 12.7 Å². The molecular weight excluding hydrogens is 370 g/mol. The first-order chi connectivity index (χ1) is 12.0. The molecule has 0 atom stereocenters. The lowest BCUT2D eigenvalue weighted by Crippen LogP contribution is -2.14. The third-order valence-corrected chi connectivity index (χ3v) is 3.18. The third-order valence-electron chi connectivity index (χ3n) is 3.18. The minimum Gasteiger partial charge on any atom is -0.465 e. The Labute approximate surface area is 141 Å². The van der Waals surface area contributed by atoms with Gasteiger partial charge in [0.2, 0.25) is 0 Å². The number of amides is 1. The molecule has 0 saturated carbocycles. The SMILES string of the molecule is Nc1c(F)c(NCc2ncc(C(F)(F)F)cc2F)cc(F)c1NC(=O)O. The number of nitrogens with zero attached hydrogens (tertiary/aromatic N) is 1. The van der Waals surface area contributed by atoms with E-state index >= 15 is 0 Å². The lowest BCUT2D eigenvalue weighted by atomic mass is 10.2. The first kappa shape index (κ1) is 19.1. The summed E-state index contributed by atoms with van der Waals surface area (Å²) in [5.74, 6) is -3.75. The molecule has 0 saturated heterocycles. The number of rotatable bonds is 4. The maximum Gasteiger partial charge on any atom is 0.417 e. The van der Waals surface area contributed by atoms with Gasteiger partial charge in [0.15, 0.2) is 11.6 Å². The summed E-state index contributed by atoms with van der Waals surface area (Å²) in [6.07, 6.45) is -6.06. The molecule has 26 heavy (non-hydrogen) atoms. The van der Waals surface area contributed by atoms with Crippen LogP contribution in [0.2, 0.25) is 0 Å². The smallest absolute Gasteiger partial charge is 0.417 e. The van der Waals surface area contributed by atoms with E-state index in [1.807, 2.05) is 0 Å². The highest BCUT2D eigenvalue weighted by Gasteiger charge is 2.31. The third kappa shape index (κ3) is 4.07. The lowest BCUT2D eigenvalue weighted by Gasteiger charge is -2.14. The number of halogens is 6. The summed E-state index contributed by atoms with van der Waals surface area (Å²) in [5.41, 5.74) is 1.30. The summed E-state index contributed by atoms with van der Waals surface area (Å²) in [5, 5.41) is 12.4. The molecule has 0 spiro atoms. The number of alkyl halides is 3. The van der Waals surface area contributed by atoms with Gasteiger partial charge in [0.25, 0.3) is 0 Å². The average molecular weight is 380 g/mol. The van der Waals surface area contributed by atoms with Gasteiger partial charge in [-0.3, -0.25) is 10.3 Å². The molecule has 0 unspecified atom stereocenters. The fraction of sp³-hybridized carbons (Fsp3) is 0.143. The van der Waals surface area contributed by atoms with E-state index in [-0.39, 0.29) is 6.07 Å². The molecule has 1 heterocycles. The normalized spacial score (nSPS) is 11.3. The molecule has 1 amide bonds. The van der Waals surface area contributed by atoms with Gasteiger partial charge in [-0.25, -0.2) is 18.0 Å². The molecule has 0 fully saturated rings. The lowest BCUT2D eigenvalue weighted by molar-refractivity contribution is -0.138. The molecule has 1 aromatic carbocycles. The number of hydrogen-bond acceptors (Lipinski definition) is 4. The van der Waals surface area contributed by atoms with E-state index in [1.54, 1.807) is 5.32 Å². The summed E-state index contributed by atoms with van der Waals surface area (Å²) < 4.78 is 78.9. The van der Waals surface area contributed by atoms with Crippen molar-refractivity contribution in [3.63, 3.8) is 0 Å². The van der Waals surface area contributed by atoms with Gasteiger partial charge in [0.05, 0.1) is 29.2 Å². The second kappa shape index (κ2) is 6.98. The number of anilines is 3. The monoisotopic (exact) mass is 380 g/mol. The van der Waals surface area contributed by atoms with Crippen molar-refractivity contribution < 1.29 is 36.2 Å². The quantitative estimate of drug-likeness (QED) is 0.478. The summed E-state index contributed by atoms with van der Waals surface area (Å²) >= 11 is 0. The summed E-state index contributed by atoms with van der Waals surface area (Å²) in [4.78, 5) is 13.8. The van der Waals surface area contributed by atoms with E-state index in [4.69, 9.17) is 10.8 Å². The molecule has 0 aliphatic carbocycles. The molecule has 2 rings (SSSR count). The molecule has 0 radical (unpaired) electrons. The topological polar surface area (TPSA) is 100 Å². The van der Waals surface area contributed by atoms with Gasteiger partial charge in [0.1, 0.15) is 11.5 Å². The van der Waals surface area contributed by atoms with E-state index in [9.17, 15) is 31.1 Å². The fourth-order valence-corrected chi connectivity index (χ4v) is 1.94. The molecule has 6 nitrogen and oxygen atoms in total. The van der Waals surface area contributed by atoms with Gasteiger partial charge < -0.3 is 16.2 Å². The minimum absolute atomic E-state index is 0.217. The van der Waals surface area contributed by atoms with Crippen molar-refractivity contribution in [1.82, 2.24) is 4.98 Å². The number of pyridine rings is 1. The highest BCUT2D eigenvalue weighted by atomic mass is 19.4. The Hall–Kier alpha value is -3.18. The van der Waals surface area contributed by atoms with Gasteiger partial charge in [-0.05, 0) is 6.07 Å². The van der Waals surface area contributed by atoms with E-state index in [1.165, 1.54) is 0 Å². The van der Waals surface area contributed by atoms with Crippen LogP contribution >= 0.6 is 0 Å². The van der Waals surface area contributed by atoms with Crippen LogP contribution in [-0.4, -0.2) is 16.2 Å². The van der Waals surface area contributed by atoms with Gasteiger partial charge in [0, 0.05) is 12.3 Å². The first-order valence-corrected chi connectivity index (χ1v) is 6.73. The maximum absolute atomic E-state index is 14.1. The number of benzene rings is 1. The van der Waals surface area contributed by atoms with Gasteiger partial charge in [-0.15, -0.1) is 0 Å². The largest absolute Gasteiger partial charge is 0.465 e. The molecule has 5 N–H and O–H groups in total.